The summed E-state index contributed by atoms with van der Waals surface area (Å²) in [6.07, 6.45) is 4.00. The minimum atomic E-state index is -0.499. The van der Waals surface area contributed by atoms with Crippen molar-refractivity contribution in [2.45, 2.75) is 31.5 Å². The summed E-state index contributed by atoms with van der Waals surface area (Å²) >= 11 is 0. The van der Waals surface area contributed by atoms with Gasteiger partial charge in [-0.25, -0.2) is 0 Å². The van der Waals surface area contributed by atoms with Crippen molar-refractivity contribution < 1.29 is 9.47 Å². The molecule has 4 N–H and O–H groups in total. The molecule has 0 atom stereocenters. The van der Waals surface area contributed by atoms with Crippen LogP contribution in [-0.4, -0.2) is 17.3 Å². The van der Waals surface area contributed by atoms with E-state index in [9.17, 15) is 0 Å². The third-order valence-electron chi connectivity index (χ3n) is 3.56. The quantitative estimate of drug-likeness (QED) is 0.446. The van der Waals surface area contributed by atoms with Crippen LogP contribution in [-0.2, 0) is 0 Å². The number of rotatable bonds is 3. The van der Waals surface area contributed by atoms with Crippen molar-refractivity contribution >= 4 is 17.2 Å². The van der Waals surface area contributed by atoms with Gasteiger partial charge in [-0.2, -0.15) is 10.4 Å². The van der Waals surface area contributed by atoms with Crippen LogP contribution in [0.1, 0.15) is 25.7 Å². The first kappa shape index (κ1) is 13.2. The fourth-order valence-corrected chi connectivity index (χ4v) is 2.55. The van der Waals surface area contributed by atoms with E-state index in [1.54, 1.807) is 24.3 Å². The SMILES string of the molecule is N#C/C(=N\Nc1ccc2c(c1)OC1(CCCC1)O2)C(=N)N. The maximum absolute atomic E-state index is 8.78. The fourth-order valence-electron chi connectivity index (χ4n) is 2.55. The number of hydrogen-bond donors (Lipinski definition) is 3. The Bertz CT molecular complexity index is 656. The summed E-state index contributed by atoms with van der Waals surface area (Å²) in [5.74, 6) is 0.508. The third kappa shape index (κ3) is 2.48. The minimum absolute atomic E-state index is 0.167. The largest absolute Gasteiger partial charge is 0.448 e. The average Bonchev–Trinajstić information content (AvgIpc) is 3.05. The van der Waals surface area contributed by atoms with Crippen molar-refractivity contribution in [3.05, 3.63) is 18.2 Å². The van der Waals surface area contributed by atoms with Crippen LogP contribution in [0.4, 0.5) is 5.69 Å². The Kier molecular flexibility index (Phi) is 3.14. The van der Waals surface area contributed by atoms with Crippen molar-refractivity contribution in [1.82, 2.24) is 0 Å². The number of hydrazone groups is 1. The highest BCUT2D eigenvalue weighted by molar-refractivity contribution is 6.45. The summed E-state index contributed by atoms with van der Waals surface area (Å²) in [6, 6.07) is 7.09. The molecule has 1 aromatic carbocycles. The average molecular weight is 285 g/mol. The number of nitrogens with two attached hydrogens (primary N) is 1. The van der Waals surface area contributed by atoms with Gasteiger partial charge >= 0.3 is 0 Å². The molecule has 0 unspecified atom stereocenters. The zero-order chi connectivity index (χ0) is 14.9. The normalized spacial score (nSPS) is 18.5. The van der Waals surface area contributed by atoms with Crippen LogP contribution < -0.4 is 20.6 Å². The predicted molar refractivity (Wildman–Crippen MR) is 77.5 cm³/mol. The first-order valence-corrected chi connectivity index (χ1v) is 6.72. The van der Waals surface area contributed by atoms with Crippen LogP contribution in [0.25, 0.3) is 0 Å². The van der Waals surface area contributed by atoms with Crippen molar-refractivity contribution in [2.24, 2.45) is 10.8 Å². The third-order valence-corrected chi connectivity index (χ3v) is 3.56. The fraction of sp³-hybridized carbons (Fsp3) is 0.357. The summed E-state index contributed by atoms with van der Waals surface area (Å²) in [4.78, 5) is 0. The van der Waals surface area contributed by atoms with E-state index in [-0.39, 0.29) is 11.5 Å². The van der Waals surface area contributed by atoms with Gasteiger partial charge in [0, 0.05) is 18.9 Å². The molecule has 108 valence electrons. The van der Waals surface area contributed by atoms with E-state index in [2.05, 4.69) is 10.5 Å². The molecular weight excluding hydrogens is 270 g/mol. The molecule has 1 aliphatic carbocycles. The monoisotopic (exact) mass is 285 g/mol. The lowest BCUT2D eigenvalue weighted by molar-refractivity contribution is -0.0716. The van der Waals surface area contributed by atoms with E-state index in [1.165, 1.54) is 0 Å². The number of amidine groups is 1. The van der Waals surface area contributed by atoms with E-state index in [1.807, 2.05) is 0 Å². The van der Waals surface area contributed by atoms with Gasteiger partial charge in [-0.1, -0.05) is 0 Å². The molecule has 1 aromatic rings. The Balaban J connectivity index is 1.77. The lowest BCUT2D eigenvalue weighted by Gasteiger charge is -2.21. The molecule has 1 fully saturated rings. The molecule has 1 heterocycles. The van der Waals surface area contributed by atoms with Crippen molar-refractivity contribution in [3.8, 4) is 17.6 Å². The standard InChI is InChI=1S/C14H15N5O2/c15-8-10(13(16)17)19-18-9-3-4-11-12(7-9)21-14(20-11)5-1-2-6-14/h3-4,7,18H,1-2,5-6H2,(H3,16,17)/b19-10+. The lowest BCUT2D eigenvalue weighted by Crippen LogP contribution is -2.34. The van der Waals surface area contributed by atoms with Crippen LogP contribution in [0, 0.1) is 16.7 Å². The molecule has 1 aliphatic heterocycles. The topological polar surface area (TPSA) is 117 Å². The van der Waals surface area contributed by atoms with E-state index in [0.29, 0.717) is 11.4 Å². The Morgan fingerprint density at radius 1 is 1.33 bits per heavy atom. The van der Waals surface area contributed by atoms with Gasteiger partial charge < -0.3 is 15.2 Å². The van der Waals surface area contributed by atoms with E-state index in [4.69, 9.17) is 25.9 Å². The summed E-state index contributed by atoms with van der Waals surface area (Å²) < 4.78 is 11.8. The van der Waals surface area contributed by atoms with Gasteiger partial charge in [0.1, 0.15) is 6.07 Å². The molecule has 21 heavy (non-hydrogen) atoms. The summed E-state index contributed by atoms with van der Waals surface area (Å²) in [7, 11) is 0. The van der Waals surface area contributed by atoms with Crippen LogP contribution in [0.2, 0.25) is 0 Å². The van der Waals surface area contributed by atoms with Gasteiger partial charge in [0.25, 0.3) is 5.79 Å². The van der Waals surface area contributed by atoms with E-state index in [0.717, 1.165) is 31.4 Å². The first-order chi connectivity index (χ1) is 10.1. The molecule has 7 heteroatoms. The number of anilines is 1. The van der Waals surface area contributed by atoms with Gasteiger partial charge in [0.15, 0.2) is 17.3 Å². The van der Waals surface area contributed by atoms with Crippen LogP contribution in [0.3, 0.4) is 0 Å². The first-order valence-electron chi connectivity index (χ1n) is 6.72. The van der Waals surface area contributed by atoms with Gasteiger partial charge in [-0.05, 0) is 25.0 Å². The Hall–Kier alpha value is -2.75. The molecular formula is C14H15N5O2. The van der Waals surface area contributed by atoms with E-state index >= 15 is 0 Å². The number of benzene rings is 1. The number of fused-ring (bicyclic) bond motifs is 1. The van der Waals surface area contributed by atoms with Gasteiger partial charge in [-0.3, -0.25) is 10.8 Å². The minimum Gasteiger partial charge on any atom is -0.448 e. The van der Waals surface area contributed by atoms with Crippen molar-refractivity contribution in [3.63, 3.8) is 0 Å². The number of nitrogens with one attached hydrogen (secondary N) is 2. The molecule has 7 nitrogen and oxygen atoms in total. The lowest BCUT2D eigenvalue weighted by atomic mass is 10.2. The second-order valence-electron chi connectivity index (χ2n) is 5.08. The highest BCUT2D eigenvalue weighted by atomic mass is 16.7. The second-order valence-corrected chi connectivity index (χ2v) is 5.08. The Morgan fingerprint density at radius 2 is 2.05 bits per heavy atom. The van der Waals surface area contributed by atoms with Crippen LogP contribution in [0.5, 0.6) is 11.5 Å². The molecule has 0 aromatic heterocycles. The number of hydrogen-bond acceptors (Lipinski definition) is 6. The number of ether oxygens (including phenoxy) is 2. The zero-order valence-electron chi connectivity index (χ0n) is 11.3. The second kappa shape index (κ2) is 4.98. The zero-order valence-corrected chi connectivity index (χ0v) is 11.3. The molecule has 2 aliphatic rings. The van der Waals surface area contributed by atoms with Gasteiger partial charge in [0.2, 0.25) is 5.71 Å². The van der Waals surface area contributed by atoms with Crippen molar-refractivity contribution in [2.75, 3.05) is 5.43 Å². The summed E-state index contributed by atoms with van der Waals surface area (Å²) in [6.45, 7) is 0. The van der Waals surface area contributed by atoms with Gasteiger partial charge in [-0.15, -0.1) is 0 Å². The number of nitrogens with zero attached hydrogens (tertiary/aromatic N) is 2. The maximum Gasteiger partial charge on any atom is 0.251 e. The molecule has 0 saturated heterocycles. The Labute approximate surface area is 121 Å². The summed E-state index contributed by atoms with van der Waals surface area (Å²) in [5, 5.41) is 19.8. The molecule has 3 rings (SSSR count). The van der Waals surface area contributed by atoms with Gasteiger partial charge in [0.05, 0.1) is 5.69 Å². The maximum atomic E-state index is 8.78. The summed E-state index contributed by atoms with van der Waals surface area (Å²) in [5.41, 5.74) is 8.39. The Morgan fingerprint density at radius 3 is 2.71 bits per heavy atom. The predicted octanol–water partition coefficient (Wildman–Crippen LogP) is 1.96. The highest BCUT2D eigenvalue weighted by Gasteiger charge is 2.44. The molecule has 0 radical (unpaired) electrons. The molecule has 0 amide bonds. The highest BCUT2D eigenvalue weighted by Crippen LogP contribution is 2.47. The molecule has 0 bridgehead atoms. The number of nitriles is 1. The van der Waals surface area contributed by atoms with Crippen LogP contribution in [0.15, 0.2) is 23.3 Å². The van der Waals surface area contributed by atoms with E-state index < -0.39 is 5.79 Å². The van der Waals surface area contributed by atoms with Crippen molar-refractivity contribution in [1.29, 1.82) is 10.7 Å². The smallest absolute Gasteiger partial charge is 0.251 e. The molecule has 1 spiro atoms. The molecule has 1 saturated carbocycles. The van der Waals surface area contributed by atoms with Crippen LogP contribution >= 0.6 is 0 Å².